The van der Waals surface area contributed by atoms with Crippen molar-refractivity contribution in [2.24, 2.45) is 0 Å². The number of aryl methyl sites for hydroxylation is 2. The summed E-state index contributed by atoms with van der Waals surface area (Å²) in [4.78, 5) is 21.3. The van der Waals surface area contributed by atoms with Crippen molar-refractivity contribution >= 4 is 23.3 Å². The van der Waals surface area contributed by atoms with Crippen LogP contribution in [0.5, 0.6) is 0 Å². The first kappa shape index (κ1) is 25.9. The molecule has 37 heavy (non-hydrogen) atoms. The zero-order chi connectivity index (χ0) is 26.6. The lowest BCUT2D eigenvalue weighted by atomic mass is 9.90. The Hall–Kier alpha value is -4.13. The number of hydrogen-bond donors (Lipinski definition) is 3. The van der Waals surface area contributed by atoms with Gasteiger partial charge in [-0.2, -0.15) is 5.26 Å². The molecule has 4 rings (SSSR count). The Bertz CT molecular complexity index is 1310. The van der Waals surface area contributed by atoms with Crippen LogP contribution in [0.25, 0.3) is 11.1 Å². The van der Waals surface area contributed by atoms with Crippen molar-refractivity contribution < 1.29 is 14.1 Å². The van der Waals surface area contributed by atoms with Crippen LogP contribution in [0.15, 0.2) is 35.2 Å². The molecule has 0 aliphatic heterocycles. The molecule has 10 heteroatoms. The highest BCUT2D eigenvalue weighted by Gasteiger charge is 2.28. The van der Waals surface area contributed by atoms with Gasteiger partial charge in [0.2, 0.25) is 0 Å². The second-order valence-electron chi connectivity index (χ2n) is 10.3. The van der Waals surface area contributed by atoms with Crippen molar-refractivity contribution in [3.8, 4) is 17.2 Å². The first-order chi connectivity index (χ1) is 17.6. The van der Waals surface area contributed by atoms with E-state index >= 15 is 0 Å². The van der Waals surface area contributed by atoms with E-state index < -0.39 is 11.7 Å². The first-order valence-electron chi connectivity index (χ1n) is 12.4. The van der Waals surface area contributed by atoms with E-state index in [9.17, 15) is 10.1 Å². The number of alkyl carbamates (subject to hydrolysis) is 1. The van der Waals surface area contributed by atoms with Crippen LogP contribution in [0.1, 0.15) is 63.5 Å². The average Bonchev–Trinajstić information content (AvgIpc) is 3.25. The van der Waals surface area contributed by atoms with Gasteiger partial charge in [-0.05, 0) is 71.2 Å². The van der Waals surface area contributed by atoms with Gasteiger partial charge >= 0.3 is 6.09 Å². The summed E-state index contributed by atoms with van der Waals surface area (Å²) >= 11 is 0. The molecule has 0 unspecified atom stereocenters. The van der Waals surface area contributed by atoms with Crippen molar-refractivity contribution in [1.82, 2.24) is 20.4 Å². The largest absolute Gasteiger partial charge is 0.444 e. The molecule has 0 saturated heterocycles. The molecule has 0 radical (unpaired) electrons. The lowest BCUT2D eigenvalue weighted by Gasteiger charge is -2.34. The monoisotopic (exact) mass is 503 g/mol. The van der Waals surface area contributed by atoms with Crippen molar-refractivity contribution in [2.75, 3.05) is 10.6 Å². The number of amides is 1. The van der Waals surface area contributed by atoms with Crippen LogP contribution in [0.4, 0.5) is 22.0 Å². The summed E-state index contributed by atoms with van der Waals surface area (Å²) in [5.74, 6) is 0.577. The van der Waals surface area contributed by atoms with Gasteiger partial charge in [0.25, 0.3) is 0 Å². The number of rotatable bonds is 6. The van der Waals surface area contributed by atoms with Crippen LogP contribution in [-0.2, 0) is 4.74 Å². The third-order valence-corrected chi connectivity index (χ3v) is 6.09. The van der Waals surface area contributed by atoms with E-state index in [1.54, 1.807) is 12.5 Å². The van der Waals surface area contributed by atoms with Gasteiger partial charge in [-0.25, -0.2) is 14.8 Å². The van der Waals surface area contributed by atoms with E-state index in [2.05, 4.69) is 37.1 Å². The van der Waals surface area contributed by atoms with Crippen LogP contribution in [0.3, 0.4) is 0 Å². The van der Waals surface area contributed by atoms with Gasteiger partial charge in [0.15, 0.2) is 5.69 Å². The van der Waals surface area contributed by atoms with Crippen LogP contribution >= 0.6 is 0 Å². The van der Waals surface area contributed by atoms with Gasteiger partial charge in [-0.3, -0.25) is 0 Å². The summed E-state index contributed by atoms with van der Waals surface area (Å²) in [6, 6.07) is 7.75. The molecule has 3 aromatic rings. The van der Waals surface area contributed by atoms with Gasteiger partial charge in [0.05, 0.1) is 29.3 Å². The highest BCUT2D eigenvalue weighted by Crippen LogP contribution is 2.29. The SMILES string of the molecule is Cc1cc(-c2conc2C)cc(Nc2cc(N[C@@H]3CCCC[C@@H]3NC(=O)OC(C)(C)C)cnc2C#N)n1. The Labute approximate surface area is 216 Å². The van der Waals surface area contributed by atoms with Crippen molar-refractivity contribution in [3.63, 3.8) is 0 Å². The molecule has 3 N–H and O–H groups in total. The van der Waals surface area contributed by atoms with Crippen molar-refractivity contribution in [1.29, 1.82) is 5.26 Å². The standard InChI is InChI=1S/C27H33N7O3/c1-16-10-18(20-15-36-34-17(20)2)11-25(30-16)32-23-12-19(14-29-24(23)13-28)31-21-8-6-7-9-22(21)33-26(35)37-27(3,4)5/h10-12,14-15,21-22,31H,6-9H2,1-5H3,(H,30,32)(H,33,35)/t21-,22+/m1/s1. The number of anilines is 3. The fraction of sp³-hybridized carbons (Fsp3) is 0.444. The average molecular weight is 504 g/mol. The summed E-state index contributed by atoms with van der Waals surface area (Å²) in [5.41, 5.74) is 4.34. The Balaban J connectivity index is 1.54. The minimum absolute atomic E-state index is 0.00381. The second kappa shape index (κ2) is 10.9. The van der Waals surface area contributed by atoms with E-state index in [4.69, 9.17) is 9.26 Å². The number of carbonyl (C=O) groups excluding carboxylic acids is 1. The molecule has 2 atom stereocenters. The maximum absolute atomic E-state index is 12.4. The van der Waals surface area contributed by atoms with E-state index in [1.807, 2.05) is 52.8 Å². The predicted octanol–water partition coefficient (Wildman–Crippen LogP) is 5.61. The molecule has 1 aliphatic carbocycles. The number of nitrogens with zero attached hydrogens (tertiary/aromatic N) is 4. The summed E-state index contributed by atoms with van der Waals surface area (Å²) in [6.45, 7) is 9.32. The molecule has 1 saturated carbocycles. The van der Waals surface area contributed by atoms with Gasteiger partial charge in [-0.1, -0.05) is 18.0 Å². The molecular weight excluding hydrogens is 470 g/mol. The van der Waals surface area contributed by atoms with E-state index in [0.29, 0.717) is 11.5 Å². The smallest absolute Gasteiger partial charge is 0.407 e. The minimum Gasteiger partial charge on any atom is -0.444 e. The van der Waals surface area contributed by atoms with Gasteiger partial charge in [0.1, 0.15) is 23.8 Å². The minimum atomic E-state index is -0.560. The number of nitriles is 1. The van der Waals surface area contributed by atoms with Gasteiger partial charge in [0, 0.05) is 17.3 Å². The summed E-state index contributed by atoms with van der Waals surface area (Å²) < 4.78 is 10.5. The molecule has 10 nitrogen and oxygen atoms in total. The van der Waals surface area contributed by atoms with Crippen LogP contribution in [0, 0.1) is 25.2 Å². The fourth-order valence-corrected chi connectivity index (χ4v) is 4.47. The Kier molecular flexibility index (Phi) is 7.62. The number of nitrogens with one attached hydrogen (secondary N) is 3. The van der Waals surface area contributed by atoms with E-state index in [1.165, 1.54) is 0 Å². The number of aromatic nitrogens is 3. The number of carbonyl (C=O) groups is 1. The quantitative estimate of drug-likeness (QED) is 0.391. The lowest BCUT2D eigenvalue weighted by molar-refractivity contribution is 0.0488. The maximum atomic E-state index is 12.4. The van der Waals surface area contributed by atoms with Crippen molar-refractivity contribution in [3.05, 3.63) is 47.7 Å². The molecule has 194 valence electrons. The fourth-order valence-electron chi connectivity index (χ4n) is 4.47. The zero-order valence-corrected chi connectivity index (χ0v) is 21.9. The summed E-state index contributed by atoms with van der Waals surface area (Å²) in [5, 5.41) is 23.4. The van der Waals surface area contributed by atoms with Crippen molar-refractivity contribution in [2.45, 2.75) is 78.0 Å². The van der Waals surface area contributed by atoms with E-state index in [0.717, 1.165) is 53.9 Å². The number of pyridine rings is 2. The third-order valence-electron chi connectivity index (χ3n) is 6.09. The molecule has 1 aliphatic rings. The highest BCUT2D eigenvalue weighted by atomic mass is 16.6. The predicted molar refractivity (Wildman–Crippen MR) is 140 cm³/mol. The lowest BCUT2D eigenvalue weighted by Crippen LogP contribution is -2.49. The van der Waals surface area contributed by atoms with Crippen LogP contribution < -0.4 is 16.0 Å². The molecule has 3 aromatic heterocycles. The molecule has 1 amide bonds. The summed E-state index contributed by atoms with van der Waals surface area (Å²) in [7, 11) is 0. The molecular formula is C27H33N7O3. The molecule has 0 aromatic carbocycles. The number of hydrogen-bond acceptors (Lipinski definition) is 9. The Morgan fingerprint density at radius 1 is 1.16 bits per heavy atom. The molecule has 0 bridgehead atoms. The Morgan fingerprint density at radius 3 is 2.59 bits per heavy atom. The Morgan fingerprint density at radius 2 is 1.92 bits per heavy atom. The third kappa shape index (κ3) is 6.76. The van der Waals surface area contributed by atoms with Gasteiger partial charge in [-0.15, -0.1) is 0 Å². The molecule has 0 spiro atoms. The number of ether oxygens (including phenoxy) is 1. The van der Waals surface area contributed by atoms with E-state index in [-0.39, 0.29) is 17.8 Å². The van der Waals surface area contributed by atoms with Crippen LogP contribution in [0.2, 0.25) is 0 Å². The first-order valence-corrected chi connectivity index (χ1v) is 12.4. The summed E-state index contributed by atoms with van der Waals surface area (Å²) in [6.07, 6.45) is 6.65. The zero-order valence-electron chi connectivity index (χ0n) is 21.9. The second-order valence-corrected chi connectivity index (χ2v) is 10.3. The van der Waals surface area contributed by atoms with Crippen LogP contribution in [-0.4, -0.2) is 38.9 Å². The highest BCUT2D eigenvalue weighted by molar-refractivity contribution is 5.73. The molecule has 3 heterocycles. The molecule has 1 fully saturated rings. The maximum Gasteiger partial charge on any atom is 0.407 e. The normalized spacial score (nSPS) is 17.5. The van der Waals surface area contributed by atoms with Gasteiger partial charge < -0.3 is 25.2 Å². The topological polar surface area (TPSA) is 138 Å².